The Morgan fingerprint density at radius 1 is 1.04 bits per heavy atom. The molecular weight excluding hydrogens is 342 g/mol. The Labute approximate surface area is 147 Å². The molecule has 0 N–H and O–H groups in total. The third-order valence-corrected chi connectivity index (χ3v) is 4.39. The van der Waals surface area contributed by atoms with Gasteiger partial charge in [0.2, 0.25) is 5.91 Å². The van der Waals surface area contributed by atoms with Crippen LogP contribution in [0.3, 0.4) is 0 Å². The molecule has 0 radical (unpaired) electrons. The van der Waals surface area contributed by atoms with Gasteiger partial charge in [0.25, 0.3) is 10.1 Å². The molecule has 0 spiro atoms. The predicted octanol–water partition coefficient (Wildman–Crippen LogP) is 2.56. The van der Waals surface area contributed by atoms with Crippen molar-refractivity contribution in [2.75, 3.05) is 12.8 Å². The Hall–Kier alpha value is -2.38. The van der Waals surface area contributed by atoms with Gasteiger partial charge in [0, 0.05) is 13.1 Å². The number of likely N-dealkylation sites (tertiary alicyclic amines) is 1. The van der Waals surface area contributed by atoms with Gasteiger partial charge in [0.05, 0.1) is 12.7 Å². The van der Waals surface area contributed by atoms with Crippen LogP contribution in [0.4, 0.5) is 0 Å². The van der Waals surface area contributed by atoms with Crippen molar-refractivity contribution in [3.8, 4) is 11.5 Å². The van der Waals surface area contributed by atoms with Gasteiger partial charge in [-0.2, -0.15) is 8.42 Å². The third kappa shape index (κ3) is 5.04. The highest BCUT2D eigenvalue weighted by Gasteiger charge is 2.32. The second-order valence-corrected chi connectivity index (χ2v) is 7.56. The first-order valence-corrected chi connectivity index (χ1v) is 9.68. The van der Waals surface area contributed by atoms with E-state index < -0.39 is 16.2 Å². The van der Waals surface area contributed by atoms with Crippen LogP contribution in [0.25, 0.3) is 0 Å². The van der Waals surface area contributed by atoms with Crippen LogP contribution in [-0.4, -0.2) is 38.1 Å². The van der Waals surface area contributed by atoms with Crippen molar-refractivity contribution in [1.29, 1.82) is 0 Å². The van der Waals surface area contributed by atoms with Gasteiger partial charge in [-0.05, 0) is 29.8 Å². The number of hydrogen-bond donors (Lipinski definition) is 0. The summed E-state index contributed by atoms with van der Waals surface area (Å²) in [6.45, 7) is 0.683. The zero-order valence-corrected chi connectivity index (χ0v) is 14.6. The van der Waals surface area contributed by atoms with Gasteiger partial charge in [-0.15, -0.1) is 0 Å². The fourth-order valence-corrected chi connectivity index (χ4v) is 3.33. The molecule has 1 unspecified atom stereocenters. The van der Waals surface area contributed by atoms with Crippen molar-refractivity contribution in [2.45, 2.75) is 19.1 Å². The molecule has 0 saturated carbocycles. The smallest absolute Gasteiger partial charge is 0.264 e. The summed E-state index contributed by atoms with van der Waals surface area (Å²) in [5.41, 5.74) is 0.939. The van der Waals surface area contributed by atoms with Gasteiger partial charge in [-0.3, -0.25) is 8.98 Å². The van der Waals surface area contributed by atoms with Gasteiger partial charge in [0.1, 0.15) is 17.6 Å². The van der Waals surface area contributed by atoms with Gasteiger partial charge < -0.3 is 9.64 Å². The van der Waals surface area contributed by atoms with E-state index in [-0.39, 0.29) is 18.9 Å². The topological polar surface area (TPSA) is 72.9 Å². The largest absolute Gasteiger partial charge is 0.457 e. The second-order valence-electron chi connectivity index (χ2n) is 5.96. The number of amides is 1. The summed E-state index contributed by atoms with van der Waals surface area (Å²) in [4.78, 5) is 13.6. The number of ether oxygens (including phenoxy) is 1. The molecular formula is C18H19NO5S. The molecule has 1 amide bonds. The van der Waals surface area contributed by atoms with Crippen LogP contribution in [0, 0.1) is 0 Å². The maximum absolute atomic E-state index is 12.0. The zero-order valence-electron chi connectivity index (χ0n) is 13.8. The predicted molar refractivity (Wildman–Crippen MR) is 92.7 cm³/mol. The van der Waals surface area contributed by atoms with Crippen LogP contribution in [0.1, 0.15) is 12.0 Å². The maximum atomic E-state index is 12.0. The Bertz CT molecular complexity index is 834. The highest BCUT2D eigenvalue weighted by atomic mass is 32.2. The van der Waals surface area contributed by atoms with Gasteiger partial charge >= 0.3 is 0 Å². The van der Waals surface area contributed by atoms with Gasteiger partial charge in [-0.25, -0.2) is 0 Å². The van der Waals surface area contributed by atoms with Crippen LogP contribution in [0.15, 0.2) is 54.6 Å². The average Bonchev–Trinajstić information content (AvgIpc) is 2.87. The summed E-state index contributed by atoms with van der Waals surface area (Å²) in [7, 11) is -3.56. The molecule has 1 aliphatic rings. The Morgan fingerprint density at radius 3 is 2.32 bits per heavy atom. The van der Waals surface area contributed by atoms with Crippen molar-refractivity contribution < 1.29 is 22.1 Å². The molecule has 1 atom stereocenters. The fraction of sp³-hybridized carbons (Fsp3) is 0.278. The van der Waals surface area contributed by atoms with E-state index in [4.69, 9.17) is 8.92 Å². The molecule has 7 heteroatoms. The summed E-state index contributed by atoms with van der Waals surface area (Å²) < 4.78 is 33.0. The summed E-state index contributed by atoms with van der Waals surface area (Å²) in [5, 5.41) is 0. The summed E-state index contributed by atoms with van der Waals surface area (Å²) in [6, 6.07) is 16.9. The van der Waals surface area contributed by atoms with Crippen LogP contribution >= 0.6 is 0 Å². The average molecular weight is 361 g/mol. The van der Waals surface area contributed by atoms with Crippen LogP contribution in [0.2, 0.25) is 0 Å². The second kappa shape index (κ2) is 7.25. The lowest BCUT2D eigenvalue weighted by molar-refractivity contribution is -0.128. The first-order valence-electron chi connectivity index (χ1n) is 7.87. The molecule has 1 fully saturated rings. The molecule has 0 aromatic heterocycles. The number of nitrogens with zero attached hydrogens (tertiary/aromatic N) is 1. The SMILES string of the molecule is CS(=O)(=O)OC1CC(=O)N(Cc2ccc(Oc3ccccc3)cc2)C1. The molecule has 2 aromatic rings. The molecule has 0 aliphatic carbocycles. The normalized spacial score (nSPS) is 17.7. The summed E-state index contributed by atoms with van der Waals surface area (Å²) >= 11 is 0. The maximum Gasteiger partial charge on any atom is 0.264 e. The Morgan fingerprint density at radius 2 is 1.68 bits per heavy atom. The minimum absolute atomic E-state index is 0.0856. The quantitative estimate of drug-likeness (QED) is 0.740. The molecule has 1 heterocycles. The molecule has 132 valence electrons. The third-order valence-electron chi connectivity index (χ3n) is 3.77. The zero-order chi connectivity index (χ0) is 17.9. The van der Waals surface area contributed by atoms with Crippen LogP contribution < -0.4 is 4.74 Å². The van der Waals surface area contributed by atoms with Crippen molar-refractivity contribution in [1.82, 2.24) is 4.90 Å². The lowest BCUT2D eigenvalue weighted by Gasteiger charge is -2.16. The lowest BCUT2D eigenvalue weighted by Crippen LogP contribution is -2.26. The van der Waals surface area contributed by atoms with E-state index in [1.807, 2.05) is 54.6 Å². The molecule has 0 bridgehead atoms. The van der Waals surface area contributed by atoms with E-state index in [0.717, 1.165) is 17.6 Å². The van der Waals surface area contributed by atoms with Gasteiger partial charge in [-0.1, -0.05) is 30.3 Å². The van der Waals surface area contributed by atoms with Crippen LogP contribution in [0.5, 0.6) is 11.5 Å². The van der Waals surface area contributed by atoms with Crippen molar-refractivity contribution >= 4 is 16.0 Å². The van der Waals surface area contributed by atoms with Gasteiger partial charge in [0.15, 0.2) is 0 Å². The summed E-state index contributed by atoms with van der Waals surface area (Å²) in [5.74, 6) is 1.35. The van der Waals surface area contributed by atoms with E-state index in [0.29, 0.717) is 12.3 Å². The number of rotatable bonds is 6. The van der Waals surface area contributed by atoms with E-state index in [2.05, 4.69) is 0 Å². The van der Waals surface area contributed by atoms with Crippen molar-refractivity contribution in [2.24, 2.45) is 0 Å². The molecule has 25 heavy (non-hydrogen) atoms. The standard InChI is InChI=1S/C18H19NO5S/c1-25(21,22)24-17-11-18(20)19(13-17)12-14-7-9-16(10-8-14)23-15-5-3-2-4-6-15/h2-10,17H,11-13H2,1H3. The highest BCUT2D eigenvalue weighted by molar-refractivity contribution is 7.86. The molecule has 3 rings (SSSR count). The van der Waals surface area contributed by atoms with E-state index >= 15 is 0 Å². The van der Waals surface area contributed by atoms with Crippen molar-refractivity contribution in [3.63, 3.8) is 0 Å². The lowest BCUT2D eigenvalue weighted by atomic mass is 10.2. The van der Waals surface area contributed by atoms with E-state index in [9.17, 15) is 13.2 Å². The Balaban J connectivity index is 1.59. The molecule has 6 nitrogen and oxygen atoms in total. The number of benzene rings is 2. The fourth-order valence-electron chi connectivity index (χ4n) is 2.71. The number of carbonyl (C=O) groups is 1. The Kier molecular flexibility index (Phi) is 5.06. The first kappa shape index (κ1) is 17.4. The van der Waals surface area contributed by atoms with E-state index in [1.54, 1.807) is 4.90 Å². The first-order chi connectivity index (χ1) is 11.9. The molecule has 1 saturated heterocycles. The highest BCUT2D eigenvalue weighted by Crippen LogP contribution is 2.23. The molecule has 2 aromatic carbocycles. The number of hydrogen-bond acceptors (Lipinski definition) is 5. The minimum Gasteiger partial charge on any atom is -0.457 e. The number of para-hydroxylation sites is 1. The minimum atomic E-state index is -3.56. The van der Waals surface area contributed by atoms with E-state index in [1.165, 1.54) is 0 Å². The molecule has 1 aliphatic heterocycles. The summed E-state index contributed by atoms with van der Waals surface area (Å²) in [6.07, 6.45) is 0.469. The number of carbonyl (C=O) groups excluding carboxylic acids is 1. The van der Waals surface area contributed by atoms with Crippen molar-refractivity contribution in [3.05, 3.63) is 60.2 Å². The van der Waals surface area contributed by atoms with Crippen LogP contribution in [-0.2, 0) is 25.6 Å². The monoisotopic (exact) mass is 361 g/mol.